The first-order chi connectivity index (χ1) is 15.5. The van der Waals surface area contributed by atoms with Gasteiger partial charge in [-0.1, -0.05) is 45.0 Å². The Bertz CT molecular complexity index is 1180. The summed E-state index contributed by atoms with van der Waals surface area (Å²) in [5, 5.41) is 0. The summed E-state index contributed by atoms with van der Waals surface area (Å²) in [4.78, 5) is 8.23. The molecule has 0 amide bonds. The Labute approximate surface area is 199 Å². The highest BCUT2D eigenvalue weighted by atomic mass is 28.2. The molecule has 0 bridgehead atoms. The minimum Gasteiger partial charge on any atom is -0.493 e. The lowest BCUT2D eigenvalue weighted by Crippen LogP contribution is -2.15. The summed E-state index contributed by atoms with van der Waals surface area (Å²) < 4.78 is 17.5. The molecule has 4 N–H and O–H groups in total. The minimum atomic E-state index is -0.605. The third-order valence-electron chi connectivity index (χ3n) is 5.91. The van der Waals surface area contributed by atoms with Gasteiger partial charge in [-0.3, -0.25) is 0 Å². The molecule has 0 saturated heterocycles. The lowest BCUT2D eigenvalue weighted by Gasteiger charge is -2.27. The molecule has 0 aliphatic heterocycles. The molecule has 0 aliphatic rings. The Hall–Kier alpha value is -3.10. The molecule has 0 saturated carbocycles. The number of methoxy groups -OCH3 is 2. The van der Waals surface area contributed by atoms with Gasteiger partial charge in [0.05, 0.1) is 14.2 Å². The third kappa shape index (κ3) is 4.53. The highest BCUT2D eigenvalue weighted by Gasteiger charge is 2.29. The van der Waals surface area contributed by atoms with Gasteiger partial charge in [-0.05, 0) is 41.5 Å². The van der Waals surface area contributed by atoms with Crippen LogP contribution in [0.15, 0.2) is 30.5 Å². The molecule has 7 nitrogen and oxygen atoms in total. The van der Waals surface area contributed by atoms with Gasteiger partial charge < -0.3 is 25.4 Å². The van der Waals surface area contributed by atoms with E-state index in [1.165, 1.54) is 5.56 Å². The number of nitrogens with zero attached hydrogens (tertiary/aromatic N) is 2. The van der Waals surface area contributed by atoms with Crippen LogP contribution in [-0.4, -0.2) is 34.7 Å². The molecule has 3 aromatic rings. The van der Waals surface area contributed by atoms with Crippen molar-refractivity contribution in [1.82, 2.24) is 9.97 Å². The maximum Gasteiger partial charge on any atom is 0.247 e. The largest absolute Gasteiger partial charge is 0.493 e. The van der Waals surface area contributed by atoms with Gasteiger partial charge in [0.15, 0.2) is 11.5 Å². The van der Waals surface area contributed by atoms with Crippen LogP contribution < -0.4 is 20.9 Å². The average molecular weight is 464 g/mol. The smallest absolute Gasteiger partial charge is 0.247 e. The van der Waals surface area contributed by atoms with E-state index >= 15 is 0 Å². The first-order valence-corrected chi connectivity index (χ1v) is 11.0. The number of rotatable bonds is 6. The zero-order valence-electron chi connectivity index (χ0n) is 20.2. The lowest BCUT2D eigenvalue weighted by atomic mass is 9.83. The summed E-state index contributed by atoms with van der Waals surface area (Å²) in [6.07, 6.45) is 0.976. The first kappa shape index (κ1) is 24.5. The van der Waals surface area contributed by atoms with Crippen molar-refractivity contribution in [3.63, 3.8) is 0 Å². The van der Waals surface area contributed by atoms with Crippen molar-refractivity contribution >= 4 is 22.3 Å². The molecule has 1 atom stereocenters. The molecule has 0 fully saturated rings. The first-order valence-electron chi connectivity index (χ1n) is 10.6. The summed E-state index contributed by atoms with van der Waals surface area (Å²) in [5.74, 6) is 1.63. The lowest BCUT2D eigenvalue weighted by molar-refractivity contribution is 0.269. The summed E-state index contributed by atoms with van der Waals surface area (Å²) in [6.45, 7) is 10.6. The van der Waals surface area contributed by atoms with Crippen molar-refractivity contribution in [2.45, 2.75) is 46.1 Å². The van der Waals surface area contributed by atoms with E-state index in [0.717, 1.165) is 27.8 Å². The second-order valence-electron chi connectivity index (χ2n) is 9.00. The number of ether oxygens (including phenoxy) is 2. The summed E-state index contributed by atoms with van der Waals surface area (Å²) in [7, 11) is 6.53. The maximum absolute atomic E-state index is 6.19. The maximum atomic E-state index is 6.19. The van der Waals surface area contributed by atoms with Gasteiger partial charge in [-0.2, -0.15) is 4.98 Å². The molecule has 3 radical (unpaired) electrons. The van der Waals surface area contributed by atoms with E-state index in [1.54, 1.807) is 20.4 Å². The molecule has 0 spiro atoms. The zero-order valence-corrected chi connectivity index (χ0v) is 21.2. The highest BCUT2D eigenvalue weighted by Crippen LogP contribution is 2.48. The van der Waals surface area contributed by atoms with Gasteiger partial charge in [0.2, 0.25) is 16.4 Å². The molecule has 173 valence electrons. The topological polar surface area (TPSA) is 106 Å². The average Bonchev–Trinajstić information content (AvgIpc) is 2.76. The third-order valence-corrected chi connectivity index (χ3v) is 6.15. The summed E-state index contributed by atoms with van der Waals surface area (Å²) in [6, 6.07) is 8.45. The molecular weight excluding hydrogens is 432 g/mol. The van der Waals surface area contributed by atoms with E-state index in [0.29, 0.717) is 17.1 Å². The van der Waals surface area contributed by atoms with E-state index in [2.05, 4.69) is 65.5 Å². The number of nitrogen functional groups attached to an aromatic ring is 2. The fourth-order valence-electron chi connectivity index (χ4n) is 4.21. The Morgan fingerprint density at radius 3 is 2.21 bits per heavy atom. The Morgan fingerprint density at radius 1 is 1.00 bits per heavy atom. The normalized spacial score (nSPS) is 12.5. The van der Waals surface area contributed by atoms with Crippen molar-refractivity contribution < 1.29 is 13.9 Å². The van der Waals surface area contributed by atoms with E-state index in [-0.39, 0.29) is 17.2 Å². The summed E-state index contributed by atoms with van der Waals surface area (Å²) in [5.41, 5.74) is 18.3. The van der Waals surface area contributed by atoms with E-state index in [9.17, 15) is 0 Å². The fourth-order valence-corrected chi connectivity index (χ4v) is 4.46. The molecule has 1 heterocycles. The van der Waals surface area contributed by atoms with Gasteiger partial charge in [0, 0.05) is 22.9 Å². The van der Waals surface area contributed by atoms with Crippen LogP contribution in [-0.2, 0) is 9.84 Å². The van der Waals surface area contributed by atoms with Gasteiger partial charge in [-0.15, -0.1) is 0 Å². The van der Waals surface area contributed by atoms with Crippen LogP contribution in [0, 0.1) is 13.8 Å². The molecule has 2 aromatic carbocycles. The van der Waals surface area contributed by atoms with Crippen molar-refractivity contribution in [3.05, 3.63) is 58.3 Å². The van der Waals surface area contributed by atoms with Crippen LogP contribution in [0.4, 0.5) is 11.8 Å². The molecule has 33 heavy (non-hydrogen) atoms. The van der Waals surface area contributed by atoms with E-state index < -0.39 is 6.10 Å². The van der Waals surface area contributed by atoms with Gasteiger partial charge in [0.25, 0.3) is 0 Å². The number of benzene rings is 2. The molecule has 8 heteroatoms. The Balaban J connectivity index is 2.38. The van der Waals surface area contributed by atoms with Crippen molar-refractivity contribution in [2.75, 3.05) is 25.7 Å². The fraction of sp³-hybridized carbons (Fsp3) is 0.360. The zero-order chi connectivity index (χ0) is 24.5. The van der Waals surface area contributed by atoms with Crippen molar-refractivity contribution in [2.24, 2.45) is 0 Å². The quantitative estimate of drug-likeness (QED) is 0.521. The number of anilines is 2. The molecule has 0 aliphatic carbocycles. The molecule has 3 rings (SSSR count). The SMILES string of the molecule is COc1c(C)c(C(O[Si])c2cnc(N)nc2N)c(C)c(-c2cccc(C(C)(C)C)c2)c1OC. The second-order valence-corrected chi connectivity index (χ2v) is 9.24. The predicted molar refractivity (Wildman–Crippen MR) is 133 cm³/mol. The van der Waals surface area contributed by atoms with Crippen LogP contribution in [0.1, 0.15) is 54.7 Å². The predicted octanol–water partition coefficient (Wildman–Crippen LogP) is 4.43. The van der Waals surface area contributed by atoms with Gasteiger partial charge in [-0.25, -0.2) is 4.98 Å². The summed E-state index contributed by atoms with van der Waals surface area (Å²) >= 11 is 0. The molecule has 1 aromatic heterocycles. The van der Waals surface area contributed by atoms with E-state index in [4.69, 9.17) is 25.4 Å². The number of hydrogen-bond donors (Lipinski definition) is 2. The second kappa shape index (κ2) is 9.41. The van der Waals surface area contributed by atoms with Crippen LogP contribution in [0.2, 0.25) is 0 Å². The number of aromatic nitrogens is 2. The number of hydrogen-bond acceptors (Lipinski definition) is 7. The van der Waals surface area contributed by atoms with Gasteiger partial charge in [0.1, 0.15) is 11.9 Å². The van der Waals surface area contributed by atoms with Crippen LogP contribution in [0.3, 0.4) is 0 Å². The van der Waals surface area contributed by atoms with Crippen molar-refractivity contribution in [3.8, 4) is 22.6 Å². The monoisotopic (exact) mass is 463 g/mol. The van der Waals surface area contributed by atoms with Gasteiger partial charge >= 0.3 is 0 Å². The minimum absolute atomic E-state index is 0.00819. The highest BCUT2D eigenvalue weighted by molar-refractivity contribution is 5.98. The van der Waals surface area contributed by atoms with Crippen LogP contribution in [0.25, 0.3) is 11.1 Å². The standard InChI is InChI=1S/C25H31N4O3Si/c1-13-18(21(32-33)17-12-28-24(27)29-23(17)26)14(2)20(30-6)22(31-7)19(13)15-9-8-10-16(11-15)25(3,4)5/h8-12,21H,1-7H3,(H4,26,27,28,29). The Morgan fingerprint density at radius 2 is 1.67 bits per heavy atom. The molecule has 1 unspecified atom stereocenters. The number of nitrogens with two attached hydrogens (primary N) is 2. The van der Waals surface area contributed by atoms with E-state index in [1.807, 2.05) is 13.8 Å². The van der Waals surface area contributed by atoms with Crippen LogP contribution >= 0.6 is 0 Å². The molecular formula is C25H31N4O3Si. The Kier molecular flexibility index (Phi) is 6.99. The van der Waals surface area contributed by atoms with Crippen molar-refractivity contribution in [1.29, 1.82) is 0 Å². The van der Waals surface area contributed by atoms with Crippen LogP contribution in [0.5, 0.6) is 11.5 Å².